The van der Waals surface area contributed by atoms with E-state index in [0.717, 1.165) is 13.1 Å². The quantitative estimate of drug-likeness (QED) is 0.477. The van der Waals surface area contributed by atoms with E-state index in [0.29, 0.717) is 42.8 Å². The molecule has 0 spiro atoms. The zero-order chi connectivity index (χ0) is 23.7. The molecule has 1 atom stereocenters. The van der Waals surface area contributed by atoms with Gasteiger partial charge in [0, 0.05) is 37.4 Å². The maximum absolute atomic E-state index is 14.4. The first-order valence-electron chi connectivity index (χ1n) is 11.5. The molecule has 1 unspecified atom stereocenters. The second kappa shape index (κ2) is 9.40. The summed E-state index contributed by atoms with van der Waals surface area (Å²) < 4.78 is 22.9. The maximum atomic E-state index is 14.4. The van der Waals surface area contributed by atoms with Crippen LogP contribution in [0.25, 0.3) is 16.6 Å². The number of rotatable bonds is 6. The van der Waals surface area contributed by atoms with E-state index in [2.05, 4.69) is 22.1 Å². The van der Waals surface area contributed by atoms with Gasteiger partial charge < -0.3 is 9.30 Å². The zero-order valence-corrected chi connectivity index (χ0v) is 19.0. The van der Waals surface area contributed by atoms with E-state index in [1.807, 2.05) is 18.2 Å². The first-order valence-corrected chi connectivity index (χ1v) is 11.5. The number of nitrogens with zero attached hydrogens (tertiary/aromatic N) is 3. The van der Waals surface area contributed by atoms with Gasteiger partial charge in [-0.05, 0) is 31.0 Å². The molecule has 0 radical (unpaired) electrons. The Hall–Kier alpha value is -3.49. The third kappa shape index (κ3) is 4.10. The minimum absolute atomic E-state index is 0.133. The van der Waals surface area contributed by atoms with Crippen LogP contribution in [0, 0.1) is 12.7 Å². The largest absolute Gasteiger partial charge is 0.379 e. The Labute approximate surface area is 196 Å². The lowest BCUT2D eigenvalue weighted by molar-refractivity contribution is 0.0132. The fraction of sp³-hybridized carbons (Fsp3) is 0.308. The lowest BCUT2D eigenvalue weighted by Gasteiger charge is -2.35. The molecule has 5 rings (SSSR count). The second-order valence-corrected chi connectivity index (χ2v) is 8.57. The molecule has 1 aliphatic heterocycles. The van der Waals surface area contributed by atoms with Crippen LogP contribution in [0.5, 0.6) is 0 Å². The van der Waals surface area contributed by atoms with E-state index in [-0.39, 0.29) is 22.8 Å². The van der Waals surface area contributed by atoms with E-state index in [9.17, 15) is 14.0 Å². The van der Waals surface area contributed by atoms with Crippen LogP contribution in [0.3, 0.4) is 0 Å². The number of fused-ring (bicyclic) bond motifs is 1. The highest BCUT2D eigenvalue weighted by Crippen LogP contribution is 2.26. The molecule has 1 saturated heterocycles. The average molecular weight is 463 g/mol. The first kappa shape index (κ1) is 22.3. The molecule has 1 fully saturated rings. The molecule has 0 aliphatic carbocycles. The van der Waals surface area contributed by atoms with Gasteiger partial charge in [-0.15, -0.1) is 0 Å². The van der Waals surface area contributed by atoms with E-state index >= 15 is 0 Å². The van der Waals surface area contributed by atoms with E-state index < -0.39 is 5.82 Å². The summed E-state index contributed by atoms with van der Waals surface area (Å²) in [6.45, 7) is 5.27. The van der Waals surface area contributed by atoms with Gasteiger partial charge in [-0.2, -0.15) is 0 Å². The van der Waals surface area contributed by atoms with Crippen molar-refractivity contribution < 1.29 is 9.13 Å². The highest BCUT2D eigenvalue weighted by molar-refractivity contribution is 5.82. The lowest BCUT2D eigenvalue weighted by Crippen LogP contribution is -2.39. The van der Waals surface area contributed by atoms with Crippen molar-refractivity contribution in [1.29, 1.82) is 0 Å². The van der Waals surface area contributed by atoms with Crippen molar-refractivity contribution in [3.63, 3.8) is 0 Å². The number of halogens is 1. The number of nitrogens with one attached hydrogen (secondary N) is 1. The maximum Gasteiger partial charge on any atom is 0.274 e. The van der Waals surface area contributed by atoms with Crippen LogP contribution < -0.4 is 11.1 Å². The molecular formula is C26H27FN4O3. The molecule has 4 aromatic rings. The summed E-state index contributed by atoms with van der Waals surface area (Å²) >= 11 is 0. The molecule has 1 aliphatic rings. The number of hydrogen-bond acceptors (Lipinski definition) is 4. The molecule has 2 aromatic carbocycles. The summed E-state index contributed by atoms with van der Waals surface area (Å²) in [5, 5.41) is 3.09. The first-order chi connectivity index (χ1) is 16.5. The summed E-state index contributed by atoms with van der Waals surface area (Å²) in [6.07, 6.45) is 0.711. The fourth-order valence-corrected chi connectivity index (χ4v) is 4.90. The van der Waals surface area contributed by atoms with Gasteiger partial charge in [0.15, 0.2) is 0 Å². The number of aromatic amines is 1. The van der Waals surface area contributed by atoms with Gasteiger partial charge in [-0.1, -0.05) is 42.5 Å². The van der Waals surface area contributed by atoms with Gasteiger partial charge in [0.05, 0.1) is 29.8 Å². The molecule has 2 aromatic heterocycles. The van der Waals surface area contributed by atoms with Crippen molar-refractivity contribution >= 4 is 10.9 Å². The number of H-pyrrole nitrogens is 1. The SMILES string of the molecule is Cc1c2c(=O)[nH]n(-c3ccccc3F)c2cc(=O)n1CCC(c1ccccc1)N1CCOCC1. The predicted octanol–water partition coefficient (Wildman–Crippen LogP) is 3.39. The third-order valence-electron chi connectivity index (χ3n) is 6.62. The highest BCUT2D eigenvalue weighted by atomic mass is 19.1. The number of aromatic nitrogens is 3. The van der Waals surface area contributed by atoms with Crippen LogP contribution in [-0.2, 0) is 11.3 Å². The average Bonchev–Trinajstić information content (AvgIpc) is 3.18. The van der Waals surface area contributed by atoms with E-state index in [4.69, 9.17) is 4.74 Å². The Kier molecular flexibility index (Phi) is 6.17. The topological polar surface area (TPSA) is 72.3 Å². The lowest BCUT2D eigenvalue weighted by atomic mass is 10.0. The summed E-state index contributed by atoms with van der Waals surface area (Å²) in [7, 11) is 0. The molecule has 7 nitrogen and oxygen atoms in total. The molecule has 176 valence electrons. The molecule has 1 N–H and O–H groups in total. The van der Waals surface area contributed by atoms with Crippen molar-refractivity contribution in [2.24, 2.45) is 0 Å². The number of para-hydroxylation sites is 1. The van der Waals surface area contributed by atoms with Crippen LogP contribution in [-0.4, -0.2) is 45.6 Å². The van der Waals surface area contributed by atoms with E-state index in [1.54, 1.807) is 29.7 Å². The number of aryl methyl sites for hydroxylation is 1. The van der Waals surface area contributed by atoms with Gasteiger partial charge in [0.2, 0.25) is 0 Å². The molecule has 3 heterocycles. The predicted molar refractivity (Wildman–Crippen MR) is 129 cm³/mol. The Morgan fingerprint density at radius 2 is 1.74 bits per heavy atom. The number of hydrogen-bond donors (Lipinski definition) is 1. The van der Waals surface area contributed by atoms with Gasteiger partial charge in [0.25, 0.3) is 11.1 Å². The van der Waals surface area contributed by atoms with Crippen LogP contribution in [0.15, 0.2) is 70.3 Å². The van der Waals surface area contributed by atoms with Gasteiger partial charge in [-0.3, -0.25) is 19.6 Å². The summed E-state index contributed by atoms with van der Waals surface area (Å²) in [5.74, 6) is -0.478. The van der Waals surface area contributed by atoms with Crippen molar-refractivity contribution in [3.05, 3.63) is 98.4 Å². The van der Waals surface area contributed by atoms with Crippen molar-refractivity contribution in [3.8, 4) is 5.69 Å². The number of morpholine rings is 1. The summed E-state index contributed by atoms with van der Waals surface area (Å²) in [6, 6.07) is 18.0. The van der Waals surface area contributed by atoms with Crippen molar-refractivity contribution in [2.75, 3.05) is 26.3 Å². The van der Waals surface area contributed by atoms with E-state index in [1.165, 1.54) is 22.4 Å². The third-order valence-corrected chi connectivity index (χ3v) is 6.62. The minimum Gasteiger partial charge on any atom is -0.379 e. The Morgan fingerprint density at radius 1 is 1.03 bits per heavy atom. The Balaban J connectivity index is 1.51. The van der Waals surface area contributed by atoms with Crippen molar-refractivity contribution in [1.82, 2.24) is 19.2 Å². The van der Waals surface area contributed by atoms with Crippen LogP contribution in [0.4, 0.5) is 4.39 Å². The molecule has 34 heavy (non-hydrogen) atoms. The number of ether oxygens (including phenoxy) is 1. The standard InChI is InChI=1S/C26H27FN4O3/c1-18-25-23(31(28-26(25)33)22-10-6-5-9-20(22)27)17-24(32)30(18)12-11-21(19-7-3-2-4-8-19)29-13-15-34-16-14-29/h2-10,17,21H,11-16H2,1H3,(H,28,33). The summed E-state index contributed by atoms with van der Waals surface area (Å²) in [5.41, 5.74) is 1.77. The van der Waals surface area contributed by atoms with Gasteiger partial charge >= 0.3 is 0 Å². The Bertz CT molecular complexity index is 1420. The van der Waals surface area contributed by atoms with Gasteiger partial charge in [0.1, 0.15) is 5.82 Å². The second-order valence-electron chi connectivity index (χ2n) is 8.57. The molecule has 8 heteroatoms. The van der Waals surface area contributed by atoms with Gasteiger partial charge in [-0.25, -0.2) is 9.07 Å². The Morgan fingerprint density at radius 3 is 2.47 bits per heavy atom. The number of pyridine rings is 1. The monoisotopic (exact) mass is 462 g/mol. The molecule has 0 bridgehead atoms. The van der Waals surface area contributed by atoms with Crippen LogP contribution in [0.1, 0.15) is 23.7 Å². The smallest absolute Gasteiger partial charge is 0.274 e. The molecular weight excluding hydrogens is 435 g/mol. The van der Waals surface area contributed by atoms with Crippen LogP contribution in [0.2, 0.25) is 0 Å². The number of benzene rings is 2. The minimum atomic E-state index is -0.478. The van der Waals surface area contributed by atoms with Crippen LogP contribution >= 0.6 is 0 Å². The molecule has 0 amide bonds. The van der Waals surface area contributed by atoms with Crippen molar-refractivity contribution in [2.45, 2.75) is 25.9 Å². The zero-order valence-electron chi connectivity index (χ0n) is 19.0. The highest BCUT2D eigenvalue weighted by Gasteiger charge is 2.24. The normalized spacial score (nSPS) is 15.6. The summed E-state index contributed by atoms with van der Waals surface area (Å²) in [4.78, 5) is 28.4. The molecule has 0 saturated carbocycles. The fourth-order valence-electron chi connectivity index (χ4n) is 4.90.